The molecule has 0 fully saturated rings. The average molecular weight is 243 g/mol. The second kappa shape index (κ2) is 5.45. The van der Waals surface area contributed by atoms with Crippen LogP contribution in [0.4, 0.5) is 0 Å². The van der Waals surface area contributed by atoms with Crippen LogP contribution in [0.25, 0.3) is 0 Å². The van der Waals surface area contributed by atoms with Crippen LogP contribution in [-0.2, 0) is 11.1 Å². The topological polar surface area (TPSA) is 40.1 Å². The van der Waals surface area contributed by atoms with Crippen molar-refractivity contribution in [2.75, 3.05) is 0 Å². The predicted octanol–water partition coefficient (Wildman–Crippen LogP) is -1.31. The first-order valence-electron chi connectivity index (χ1n) is 2.55. The number of rotatable bonds is 1. The Kier molecular flexibility index (Phi) is 5.86. The molecule has 1 atom stereocenters. The van der Waals surface area contributed by atoms with Crippen LogP contribution in [-0.4, -0.2) is 8.76 Å². The van der Waals surface area contributed by atoms with Crippen molar-refractivity contribution in [3.63, 3.8) is 0 Å². The maximum Gasteiger partial charge on any atom is 1.00 e. The van der Waals surface area contributed by atoms with E-state index in [1.165, 1.54) is 6.07 Å². The minimum absolute atomic E-state index is 0. The molecule has 54 valence electrons. The Labute approximate surface area is 98.1 Å². The van der Waals surface area contributed by atoms with E-state index >= 15 is 0 Å². The number of hydrogen-bond acceptors (Lipinski definition) is 2. The molecule has 0 saturated heterocycles. The summed E-state index contributed by atoms with van der Waals surface area (Å²) in [4.78, 5) is 0.300. The van der Waals surface area contributed by atoms with E-state index in [9.17, 15) is 8.76 Å². The zero-order valence-electron chi connectivity index (χ0n) is 5.91. The van der Waals surface area contributed by atoms with Crippen LogP contribution in [0.5, 0.6) is 0 Å². The SMILES string of the molecule is O=S([O-])c1cccc(Br)c1.[Na+]. The monoisotopic (exact) mass is 242 g/mol. The quantitative estimate of drug-likeness (QED) is 0.454. The first-order valence-corrected chi connectivity index (χ1v) is 4.42. The minimum atomic E-state index is -2.12. The molecule has 1 aromatic rings. The van der Waals surface area contributed by atoms with Gasteiger partial charge in [0, 0.05) is 9.37 Å². The van der Waals surface area contributed by atoms with Crippen molar-refractivity contribution in [2.24, 2.45) is 0 Å². The van der Waals surface area contributed by atoms with Gasteiger partial charge in [0.25, 0.3) is 0 Å². The van der Waals surface area contributed by atoms with E-state index in [0.29, 0.717) is 4.90 Å². The molecule has 0 aliphatic heterocycles. The Morgan fingerprint density at radius 1 is 1.45 bits per heavy atom. The summed E-state index contributed by atoms with van der Waals surface area (Å²) in [6.07, 6.45) is 0. The first-order chi connectivity index (χ1) is 4.70. The van der Waals surface area contributed by atoms with E-state index in [0.717, 1.165) is 4.47 Å². The fourth-order valence-electron chi connectivity index (χ4n) is 0.571. The third-order valence-corrected chi connectivity index (χ3v) is 2.12. The fourth-order valence-corrected chi connectivity index (χ4v) is 1.53. The summed E-state index contributed by atoms with van der Waals surface area (Å²) in [5, 5.41) is 0. The van der Waals surface area contributed by atoms with Gasteiger partial charge in [-0.1, -0.05) is 22.0 Å². The predicted molar refractivity (Wildman–Crippen MR) is 41.3 cm³/mol. The molecule has 2 nitrogen and oxygen atoms in total. The minimum Gasteiger partial charge on any atom is -0.768 e. The van der Waals surface area contributed by atoms with Crippen molar-refractivity contribution < 1.29 is 38.3 Å². The third kappa shape index (κ3) is 3.83. The number of benzene rings is 1. The van der Waals surface area contributed by atoms with Gasteiger partial charge in [0.2, 0.25) is 0 Å². The van der Waals surface area contributed by atoms with Crippen molar-refractivity contribution in [3.8, 4) is 0 Å². The molecule has 0 radical (unpaired) electrons. The summed E-state index contributed by atoms with van der Waals surface area (Å²) in [6.45, 7) is 0. The van der Waals surface area contributed by atoms with Crippen molar-refractivity contribution in [1.29, 1.82) is 0 Å². The molecule has 0 heterocycles. The van der Waals surface area contributed by atoms with Gasteiger partial charge in [-0.3, -0.25) is 4.21 Å². The van der Waals surface area contributed by atoms with Crippen LogP contribution in [0.1, 0.15) is 0 Å². The largest absolute Gasteiger partial charge is 1.00 e. The van der Waals surface area contributed by atoms with Gasteiger partial charge in [0.15, 0.2) is 0 Å². The summed E-state index contributed by atoms with van der Waals surface area (Å²) in [6, 6.07) is 6.53. The first kappa shape index (κ1) is 11.8. The molecule has 11 heavy (non-hydrogen) atoms. The van der Waals surface area contributed by atoms with Crippen molar-refractivity contribution in [3.05, 3.63) is 28.7 Å². The van der Waals surface area contributed by atoms with Gasteiger partial charge in [-0.15, -0.1) is 0 Å². The van der Waals surface area contributed by atoms with Gasteiger partial charge in [0.05, 0.1) is 0 Å². The normalized spacial score (nSPS) is 11.8. The van der Waals surface area contributed by atoms with Gasteiger partial charge < -0.3 is 4.55 Å². The maximum atomic E-state index is 10.3. The standard InChI is InChI=1S/C6H5BrO2S.Na/c7-5-2-1-3-6(4-5)10(8)9;/h1-4H,(H,8,9);/q;+1/p-1. The van der Waals surface area contributed by atoms with Crippen molar-refractivity contribution in [1.82, 2.24) is 0 Å². The van der Waals surface area contributed by atoms with Crippen LogP contribution in [0, 0.1) is 0 Å². The molecule has 0 bridgehead atoms. The molecular formula is C6H4BrNaO2S. The number of hydrogen-bond donors (Lipinski definition) is 0. The van der Waals surface area contributed by atoms with Crippen LogP contribution < -0.4 is 29.6 Å². The van der Waals surface area contributed by atoms with Gasteiger partial charge >= 0.3 is 29.6 Å². The van der Waals surface area contributed by atoms with E-state index in [4.69, 9.17) is 0 Å². The molecule has 0 spiro atoms. The van der Waals surface area contributed by atoms with Gasteiger partial charge in [0.1, 0.15) is 0 Å². The zero-order valence-corrected chi connectivity index (χ0v) is 10.3. The van der Waals surface area contributed by atoms with Crippen LogP contribution in [0.3, 0.4) is 0 Å². The summed E-state index contributed by atoms with van der Waals surface area (Å²) in [7, 11) is 0. The molecule has 0 saturated carbocycles. The molecule has 0 N–H and O–H groups in total. The van der Waals surface area contributed by atoms with Crippen LogP contribution in [0.15, 0.2) is 33.6 Å². The van der Waals surface area contributed by atoms with E-state index in [2.05, 4.69) is 15.9 Å². The third-order valence-electron chi connectivity index (χ3n) is 0.989. The molecular weight excluding hydrogens is 239 g/mol. The molecule has 1 aromatic carbocycles. The van der Waals surface area contributed by atoms with Crippen LogP contribution in [0.2, 0.25) is 0 Å². The zero-order chi connectivity index (χ0) is 7.56. The van der Waals surface area contributed by atoms with E-state index in [1.54, 1.807) is 18.2 Å². The second-order valence-electron chi connectivity index (χ2n) is 1.69. The summed E-state index contributed by atoms with van der Waals surface area (Å²) in [5.41, 5.74) is 0. The molecule has 1 unspecified atom stereocenters. The summed E-state index contributed by atoms with van der Waals surface area (Å²) in [5.74, 6) is 0. The Morgan fingerprint density at radius 3 is 2.45 bits per heavy atom. The average Bonchev–Trinajstić information content (AvgIpc) is 1.88. The second-order valence-corrected chi connectivity index (χ2v) is 3.55. The Bertz CT molecular complexity index is 267. The van der Waals surface area contributed by atoms with Gasteiger partial charge in [-0.05, 0) is 29.3 Å². The summed E-state index contributed by atoms with van der Waals surface area (Å²) < 4.78 is 21.4. The molecule has 0 aliphatic rings. The number of halogens is 1. The van der Waals surface area contributed by atoms with Gasteiger partial charge in [-0.25, -0.2) is 0 Å². The fraction of sp³-hybridized carbons (Fsp3) is 0. The van der Waals surface area contributed by atoms with Crippen molar-refractivity contribution in [2.45, 2.75) is 4.90 Å². The molecule has 0 aromatic heterocycles. The van der Waals surface area contributed by atoms with Gasteiger partial charge in [-0.2, -0.15) is 0 Å². The van der Waals surface area contributed by atoms with Crippen molar-refractivity contribution >= 4 is 27.0 Å². The molecule has 5 heteroatoms. The maximum absolute atomic E-state index is 10.3. The smallest absolute Gasteiger partial charge is 0.768 e. The van der Waals surface area contributed by atoms with E-state index in [-0.39, 0.29) is 29.6 Å². The Hall–Kier alpha value is 0.810. The molecule has 1 rings (SSSR count). The molecule has 0 aliphatic carbocycles. The summed E-state index contributed by atoms with van der Waals surface area (Å²) >= 11 is 1.04. The van der Waals surface area contributed by atoms with E-state index in [1.807, 2.05) is 0 Å². The van der Waals surface area contributed by atoms with E-state index < -0.39 is 11.1 Å². The Balaban J connectivity index is 0.000001000. The Morgan fingerprint density at radius 2 is 2.09 bits per heavy atom. The molecule has 0 amide bonds. The van der Waals surface area contributed by atoms with Crippen LogP contribution >= 0.6 is 15.9 Å².